The van der Waals surface area contributed by atoms with Crippen molar-refractivity contribution in [1.82, 2.24) is 4.98 Å². The van der Waals surface area contributed by atoms with Gasteiger partial charge < -0.3 is 9.88 Å². The van der Waals surface area contributed by atoms with E-state index in [0.717, 1.165) is 27.5 Å². The molecule has 1 aromatic heterocycles. The summed E-state index contributed by atoms with van der Waals surface area (Å²) in [4.78, 5) is 29.1. The smallest absolute Gasteiger partial charge is 0.241 e. The van der Waals surface area contributed by atoms with E-state index in [-0.39, 0.29) is 18.0 Å². The maximum atomic E-state index is 12.8. The number of sulfonamides is 1. The van der Waals surface area contributed by atoms with Gasteiger partial charge in [-0.3, -0.25) is 9.59 Å². The van der Waals surface area contributed by atoms with Gasteiger partial charge in [-0.1, -0.05) is 30.3 Å². The van der Waals surface area contributed by atoms with Crippen LogP contribution in [0.25, 0.3) is 11.3 Å². The van der Waals surface area contributed by atoms with E-state index in [9.17, 15) is 18.0 Å². The maximum absolute atomic E-state index is 12.8. The number of aromatic nitrogens is 1. The molecule has 0 fully saturated rings. The number of benzene rings is 2. The van der Waals surface area contributed by atoms with E-state index < -0.39 is 15.9 Å². The summed E-state index contributed by atoms with van der Waals surface area (Å²) in [5.74, 6) is -0.671. The highest BCUT2D eigenvalue weighted by atomic mass is 32.2. The summed E-state index contributed by atoms with van der Waals surface area (Å²) >= 11 is 0. The molecule has 0 saturated carbocycles. The number of hydrogen-bond acceptors (Lipinski definition) is 4. The first kappa shape index (κ1) is 22.3. The van der Waals surface area contributed by atoms with Crippen LogP contribution in [0, 0.1) is 0 Å². The van der Waals surface area contributed by atoms with Crippen molar-refractivity contribution in [2.45, 2.75) is 19.8 Å². The number of anilines is 2. The second-order valence-electron chi connectivity index (χ2n) is 7.28. The molecular formula is C23H25N3O4S. The zero-order valence-corrected chi connectivity index (χ0v) is 18.5. The lowest BCUT2D eigenvalue weighted by molar-refractivity contribution is -0.117. The second-order valence-corrected chi connectivity index (χ2v) is 9.11. The van der Waals surface area contributed by atoms with E-state index in [1.165, 1.54) is 24.0 Å². The van der Waals surface area contributed by atoms with Crippen molar-refractivity contribution in [3.63, 3.8) is 0 Å². The summed E-state index contributed by atoms with van der Waals surface area (Å²) in [6, 6.07) is 19.9. The largest absolute Gasteiger partial charge is 0.358 e. The lowest BCUT2D eigenvalue weighted by Crippen LogP contribution is -2.36. The Balaban J connectivity index is 1.74. The molecule has 8 heteroatoms. The van der Waals surface area contributed by atoms with Crippen LogP contribution in [0.15, 0.2) is 66.7 Å². The highest BCUT2D eigenvalue weighted by Crippen LogP contribution is 2.24. The van der Waals surface area contributed by atoms with Crippen LogP contribution in [-0.4, -0.2) is 38.5 Å². The summed E-state index contributed by atoms with van der Waals surface area (Å²) in [6.07, 6.45) is 1.41. The molecule has 0 aliphatic rings. The number of nitrogens with one attached hydrogen (secondary N) is 1. The summed E-state index contributed by atoms with van der Waals surface area (Å²) in [5, 5.41) is 0. The molecule has 0 unspecified atom stereocenters. The van der Waals surface area contributed by atoms with E-state index >= 15 is 0 Å². The first-order valence-electron chi connectivity index (χ1n) is 9.77. The molecule has 0 spiro atoms. The molecular weight excluding hydrogens is 414 g/mol. The van der Waals surface area contributed by atoms with Gasteiger partial charge in [0.15, 0.2) is 0 Å². The molecule has 0 radical (unpaired) electrons. The normalized spacial score (nSPS) is 11.2. The predicted octanol–water partition coefficient (Wildman–Crippen LogP) is 3.59. The van der Waals surface area contributed by atoms with Crippen LogP contribution in [0.3, 0.4) is 0 Å². The lowest BCUT2D eigenvalue weighted by atomic mass is 10.2. The third-order valence-corrected chi connectivity index (χ3v) is 6.02. The number of aromatic amines is 1. The minimum absolute atomic E-state index is 0.0247. The minimum atomic E-state index is -3.82. The third-order valence-electron chi connectivity index (χ3n) is 4.94. The Morgan fingerprint density at radius 2 is 1.52 bits per heavy atom. The van der Waals surface area contributed by atoms with E-state index in [4.69, 9.17) is 0 Å². The van der Waals surface area contributed by atoms with Gasteiger partial charge >= 0.3 is 0 Å². The molecule has 0 saturated heterocycles. The number of hydrogen-bond donors (Lipinski definition) is 1. The van der Waals surface area contributed by atoms with Gasteiger partial charge in [0.25, 0.3) is 0 Å². The van der Waals surface area contributed by atoms with Crippen molar-refractivity contribution in [2.24, 2.45) is 0 Å². The first-order chi connectivity index (χ1) is 14.7. The van der Waals surface area contributed by atoms with E-state index in [1.54, 1.807) is 19.2 Å². The zero-order chi connectivity index (χ0) is 22.6. The molecule has 0 aliphatic heterocycles. The molecule has 3 rings (SSSR count). The monoisotopic (exact) mass is 439 g/mol. The average molecular weight is 440 g/mol. The molecule has 3 aromatic rings. The second kappa shape index (κ2) is 9.18. The summed E-state index contributed by atoms with van der Waals surface area (Å²) in [5.41, 5.74) is 3.67. The summed E-state index contributed by atoms with van der Waals surface area (Å²) in [7, 11) is -2.19. The Morgan fingerprint density at radius 3 is 2.10 bits per heavy atom. The fourth-order valence-electron chi connectivity index (χ4n) is 3.23. The van der Waals surface area contributed by atoms with Gasteiger partial charge in [0.2, 0.25) is 21.8 Å². The van der Waals surface area contributed by atoms with Crippen LogP contribution >= 0.6 is 0 Å². The van der Waals surface area contributed by atoms with Gasteiger partial charge in [0, 0.05) is 37.5 Å². The van der Waals surface area contributed by atoms with Crippen LogP contribution in [-0.2, 0) is 26.0 Å². The predicted molar refractivity (Wildman–Crippen MR) is 122 cm³/mol. The molecule has 0 bridgehead atoms. The molecule has 7 nitrogen and oxygen atoms in total. The number of aryl methyl sites for hydroxylation is 1. The summed E-state index contributed by atoms with van der Waals surface area (Å²) < 4.78 is 25.5. The van der Waals surface area contributed by atoms with E-state index in [2.05, 4.69) is 4.98 Å². The van der Waals surface area contributed by atoms with Crippen LogP contribution in [0.2, 0.25) is 0 Å². The molecule has 0 atom stereocenters. The Bertz CT molecular complexity index is 1170. The quantitative estimate of drug-likeness (QED) is 0.609. The van der Waals surface area contributed by atoms with Crippen LogP contribution in [0.4, 0.5) is 11.4 Å². The van der Waals surface area contributed by atoms with E-state index in [0.29, 0.717) is 12.1 Å². The van der Waals surface area contributed by atoms with Crippen LogP contribution < -0.4 is 9.21 Å². The molecule has 2 aromatic carbocycles. The number of carbonyl (C=O) groups is 2. The molecule has 162 valence electrons. The van der Waals surface area contributed by atoms with Gasteiger partial charge in [-0.25, -0.2) is 12.7 Å². The fraction of sp³-hybridized carbons (Fsp3) is 0.217. The lowest BCUT2D eigenvalue weighted by Gasteiger charge is -2.22. The Hall–Kier alpha value is -3.39. The Labute approximate surface area is 182 Å². The van der Waals surface area contributed by atoms with Crippen molar-refractivity contribution in [3.05, 3.63) is 72.4 Å². The third kappa shape index (κ3) is 5.40. The van der Waals surface area contributed by atoms with Crippen LogP contribution in [0.1, 0.15) is 19.0 Å². The Kier molecular flexibility index (Phi) is 6.60. The summed E-state index contributed by atoms with van der Waals surface area (Å²) in [6.45, 7) is 1.43. The SMILES string of the molecule is CC(=O)N(C)c1ccc(N(C(=O)CCc2ccc(-c3ccccc3)[nH]2)S(C)(=O)=O)cc1. The molecule has 31 heavy (non-hydrogen) atoms. The number of H-pyrrole nitrogens is 1. The van der Waals surface area contributed by atoms with Gasteiger partial charge in [0.1, 0.15) is 0 Å². The highest BCUT2D eigenvalue weighted by Gasteiger charge is 2.25. The van der Waals surface area contributed by atoms with Gasteiger partial charge in [0.05, 0.1) is 11.9 Å². The molecule has 2 amide bonds. The van der Waals surface area contributed by atoms with Crippen molar-refractivity contribution < 1.29 is 18.0 Å². The van der Waals surface area contributed by atoms with Crippen molar-refractivity contribution in [1.29, 1.82) is 0 Å². The maximum Gasteiger partial charge on any atom is 0.241 e. The molecule has 0 aliphatic carbocycles. The molecule has 1 heterocycles. The van der Waals surface area contributed by atoms with Crippen molar-refractivity contribution >= 4 is 33.2 Å². The van der Waals surface area contributed by atoms with Crippen molar-refractivity contribution in [3.8, 4) is 11.3 Å². The van der Waals surface area contributed by atoms with Gasteiger partial charge in [-0.15, -0.1) is 0 Å². The topological polar surface area (TPSA) is 90.6 Å². The number of nitrogens with zero attached hydrogens (tertiary/aromatic N) is 2. The zero-order valence-electron chi connectivity index (χ0n) is 17.7. The first-order valence-corrected chi connectivity index (χ1v) is 11.6. The van der Waals surface area contributed by atoms with Gasteiger partial charge in [-0.2, -0.15) is 0 Å². The number of rotatable bonds is 7. The van der Waals surface area contributed by atoms with Crippen LogP contribution in [0.5, 0.6) is 0 Å². The standard InChI is InChI=1S/C23H25N3O4S/c1-17(27)25(2)20-11-13-21(14-12-20)26(31(3,29)30)23(28)16-10-19-9-15-22(24-19)18-7-5-4-6-8-18/h4-9,11-15,24H,10,16H2,1-3H3. The minimum Gasteiger partial charge on any atom is -0.358 e. The van der Waals surface area contributed by atoms with Crippen molar-refractivity contribution in [2.75, 3.05) is 22.5 Å². The molecule has 1 N–H and O–H groups in total. The van der Waals surface area contributed by atoms with Gasteiger partial charge in [-0.05, 0) is 48.4 Å². The average Bonchev–Trinajstić information content (AvgIpc) is 3.21. The fourth-order valence-corrected chi connectivity index (χ4v) is 4.20. The highest BCUT2D eigenvalue weighted by molar-refractivity contribution is 7.92. The number of carbonyl (C=O) groups excluding carboxylic acids is 2. The van der Waals surface area contributed by atoms with E-state index in [1.807, 2.05) is 42.5 Å². The number of amides is 2. The Morgan fingerprint density at radius 1 is 0.903 bits per heavy atom.